The van der Waals surface area contributed by atoms with Crippen LogP contribution in [0.2, 0.25) is 0 Å². The summed E-state index contributed by atoms with van der Waals surface area (Å²) in [6, 6.07) is 6.96. The van der Waals surface area contributed by atoms with Crippen LogP contribution in [0.1, 0.15) is 5.56 Å². The number of rotatable bonds is 2. The van der Waals surface area contributed by atoms with Crippen molar-refractivity contribution in [2.24, 2.45) is 5.73 Å². The van der Waals surface area contributed by atoms with E-state index in [1.807, 2.05) is 24.3 Å². The summed E-state index contributed by atoms with van der Waals surface area (Å²) in [5.74, 6) is 0.370. The summed E-state index contributed by atoms with van der Waals surface area (Å²) in [7, 11) is 1.32. The van der Waals surface area contributed by atoms with Crippen LogP contribution in [0.15, 0.2) is 24.3 Å². The Bertz CT molecular complexity index is 358. The summed E-state index contributed by atoms with van der Waals surface area (Å²) in [5, 5.41) is 0. The number of hydrogen-bond donors (Lipinski definition) is 1. The van der Waals surface area contributed by atoms with Crippen LogP contribution in [-0.4, -0.2) is 25.2 Å². The van der Waals surface area contributed by atoms with Crippen molar-refractivity contribution < 1.29 is 14.3 Å². The molecular weight excluding hydrogens is 230 g/mol. The first kappa shape index (κ1) is 12.8. The highest BCUT2D eigenvalue weighted by molar-refractivity contribution is 5.85. The molecule has 1 aliphatic rings. The molecule has 16 heavy (non-hydrogen) atoms. The molecule has 2 atom stereocenters. The maximum absolute atomic E-state index is 11.2. The number of para-hydroxylation sites is 1. The van der Waals surface area contributed by atoms with Gasteiger partial charge in [0.2, 0.25) is 0 Å². The first-order valence-corrected chi connectivity index (χ1v) is 4.80. The SMILES string of the molecule is COC(=O)C(N)C1Cc2ccccc2O1.Cl. The van der Waals surface area contributed by atoms with Gasteiger partial charge in [0.05, 0.1) is 7.11 Å². The molecule has 1 aromatic rings. The fourth-order valence-electron chi connectivity index (χ4n) is 1.70. The molecule has 0 saturated heterocycles. The zero-order chi connectivity index (χ0) is 10.8. The summed E-state index contributed by atoms with van der Waals surface area (Å²) in [6.07, 6.45) is 0.349. The highest BCUT2D eigenvalue weighted by Crippen LogP contribution is 2.29. The minimum absolute atomic E-state index is 0. The fourth-order valence-corrected chi connectivity index (χ4v) is 1.70. The monoisotopic (exact) mass is 243 g/mol. The van der Waals surface area contributed by atoms with Gasteiger partial charge in [0.15, 0.2) is 0 Å². The molecule has 5 heteroatoms. The van der Waals surface area contributed by atoms with E-state index in [0.717, 1.165) is 11.3 Å². The lowest BCUT2D eigenvalue weighted by molar-refractivity contribution is -0.144. The summed E-state index contributed by atoms with van der Waals surface area (Å²) in [4.78, 5) is 11.2. The Morgan fingerprint density at radius 2 is 2.25 bits per heavy atom. The fraction of sp³-hybridized carbons (Fsp3) is 0.364. The molecule has 1 aliphatic heterocycles. The van der Waals surface area contributed by atoms with Crippen LogP contribution in [0.4, 0.5) is 0 Å². The third-order valence-electron chi connectivity index (χ3n) is 2.55. The second-order valence-corrected chi connectivity index (χ2v) is 3.52. The van der Waals surface area contributed by atoms with E-state index >= 15 is 0 Å². The van der Waals surface area contributed by atoms with Crippen molar-refractivity contribution in [2.45, 2.75) is 18.6 Å². The van der Waals surface area contributed by atoms with Gasteiger partial charge in [-0.25, -0.2) is 0 Å². The van der Waals surface area contributed by atoms with Crippen molar-refractivity contribution in [2.75, 3.05) is 7.11 Å². The zero-order valence-electron chi connectivity index (χ0n) is 8.88. The van der Waals surface area contributed by atoms with Gasteiger partial charge in [-0.1, -0.05) is 18.2 Å². The average Bonchev–Trinajstić information content (AvgIpc) is 2.70. The van der Waals surface area contributed by atoms with Crippen LogP contribution in [0.25, 0.3) is 0 Å². The average molecular weight is 244 g/mol. The number of hydrogen-bond acceptors (Lipinski definition) is 4. The molecule has 1 heterocycles. The lowest BCUT2D eigenvalue weighted by Crippen LogP contribution is -2.45. The van der Waals surface area contributed by atoms with Gasteiger partial charge in [0.1, 0.15) is 17.9 Å². The molecule has 0 saturated carbocycles. The van der Waals surface area contributed by atoms with Crippen molar-refractivity contribution in [3.05, 3.63) is 29.8 Å². The molecule has 2 rings (SSSR count). The van der Waals surface area contributed by atoms with Gasteiger partial charge in [-0.15, -0.1) is 12.4 Å². The molecule has 0 bridgehead atoms. The Morgan fingerprint density at radius 3 is 2.88 bits per heavy atom. The van der Waals surface area contributed by atoms with Gasteiger partial charge >= 0.3 is 5.97 Å². The first-order chi connectivity index (χ1) is 7.22. The number of fused-ring (bicyclic) bond motifs is 1. The molecule has 0 fully saturated rings. The number of benzene rings is 1. The summed E-state index contributed by atoms with van der Waals surface area (Å²) < 4.78 is 10.1. The van der Waals surface area contributed by atoms with E-state index in [4.69, 9.17) is 10.5 Å². The van der Waals surface area contributed by atoms with E-state index in [9.17, 15) is 4.79 Å². The minimum Gasteiger partial charge on any atom is -0.488 e. The second kappa shape index (κ2) is 5.18. The van der Waals surface area contributed by atoms with E-state index in [1.165, 1.54) is 7.11 Å². The minimum atomic E-state index is -0.720. The van der Waals surface area contributed by atoms with Gasteiger partial charge < -0.3 is 15.2 Å². The normalized spacial score (nSPS) is 19.0. The highest BCUT2D eigenvalue weighted by Gasteiger charge is 2.32. The number of nitrogens with two attached hydrogens (primary N) is 1. The lowest BCUT2D eigenvalue weighted by atomic mass is 10.1. The van der Waals surface area contributed by atoms with Crippen molar-refractivity contribution in [3.63, 3.8) is 0 Å². The molecule has 2 N–H and O–H groups in total. The van der Waals surface area contributed by atoms with Gasteiger partial charge in [-0.3, -0.25) is 4.79 Å². The molecule has 0 radical (unpaired) electrons. The van der Waals surface area contributed by atoms with Crippen LogP contribution >= 0.6 is 12.4 Å². The molecule has 1 aromatic carbocycles. The Kier molecular flexibility index (Phi) is 4.15. The Hall–Kier alpha value is -1.26. The third-order valence-corrected chi connectivity index (χ3v) is 2.55. The molecule has 0 aliphatic carbocycles. The lowest BCUT2D eigenvalue weighted by Gasteiger charge is -2.16. The van der Waals surface area contributed by atoms with Crippen LogP contribution in [0.3, 0.4) is 0 Å². The van der Waals surface area contributed by atoms with Crippen molar-refractivity contribution in [3.8, 4) is 5.75 Å². The van der Waals surface area contributed by atoms with E-state index in [0.29, 0.717) is 6.42 Å². The Balaban J connectivity index is 0.00000128. The number of ether oxygens (including phenoxy) is 2. The molecular formula is C11H14ClNO3. The molecule has 2 unspecified atom stereocenters. The molecule has 0 amide bonds. The van der Waals surface area contributed by atoms with Gasteiger partial charge in [0, 0.05) is 6.42 Å². The van der Waals surface area contributed by atoms with Crippen molar-refractivity contribution in [1.29, 1.82) is 0 Å². The number of carbonyl (C=O) groups excluding carboxylic acids is 1. The first-order valence-electron chi connectivity index (χ1n) is 4.80. The standard InChI is InChI=1S/C11H13NO3.ClH/c1-14-11(13)10(12)9-6-7-4-2-3-5-8(7)15-9;/h2-5,9-10H,6,12H2,1H3;1H. The number of halogens is 1. The quantitative estimate of drug-likeness (QED) is 0.785. The molecule has 0 aromatic heterocycles. The van der Waals surface area contributed by atoms with Gasteiger partial charge in [0.25, 0.3) is 0 Å². The zero-order valence-corrected chi connectivity index (χ0v) is 9.70. The molecule has 0 spiro atoms. The highest BCUT2D eigenvalue weighted by atomic mass is 35.5. The van der Waals surface area contributed by atoms with E-state index < -0.39 is 12.0 Å². The van der Waals surface area contributed by atoms with Crippen molar-refractivity contribution >= 4 is 18.4 Å². The molecule has 88 valence electrons. The second-order valence-electron chi connectivity index (χ2n) is 3.52. The topological polar surface area (TPSA) is 61.5 Å². The predicted octanol–water partition coefficient (Wildman–Crippen LogP) is 0.912. The van der Waals surface area contributed by atoms with Crippen LogP contribution in [-0.2, 0) is 16.0 Å². The smallest absolute Gasteiger partial charge is 0.326 e. The predicted molar refractivity (Wildman–Crippen MR) is 61.8 cm³/mol. The van der Waals surface area contributed by atoms with Crippen LogP contribution in [0, 0.1) is 0 Å². The summed E-state index contributed by atoms with van der Waals surface area (Å²) in [6.45, 7) is 0. The Labute approximate surface area is 100 Å². The summed E-state index contributed by atoms with van der Waals surface area (Å²) in [5.41, 5.74) is 6.80. The van der Waals surface area contributed by atoms with E-state index in [2.05, 4.69) is 4.74 Å². The largest absolute Gasteiger partial charge is 0.488 e. The van der Waals surface area contributed by atoms with Gasteiger partial charge in [-0.05, 0) is 11.6 Å². The maximum Gasteiger partial charge on any atom is 0.326 e. The van der Waals surface area contributed by atoms with E-state index in [1.54, 1.807) is 0 Å². The number of methoxy groups -OCH3 is 1. The summed E-state index contributed by atoms with van der Waals surface area (Å²) >= 11 is 0. The van der Waals surface area contributed by atoms with Crippen molar-refractivity contribution in [1.82, 2.24) is 0 Å². The van der Waals surface area contributed by atoms with Gasteiger partial charge in [-0.2, -0.15) is 0 Å². The van der Waals surface area contributed by atoms with E-state index in [-0.39, 0.29) is 18.5 Å². The number of esters is 1. The third kappa shape index (κ3) is 2.28. The Morgan fingerprint density at radius 1 is 1.56 bits per heavy atom. The molecule has 4 nitrogen and oxygen atoms in total. The number of carbonyl (C=O) groups is 1. The van der Waals surface area contributed by atoms with Crippen LogP contribution in [0.5, 0.6) is 5.75 Å². The van der Waals surface area contributed by atoms with Crippen LogP contribution < -0.4 is 10.5 Å². The maximum atomic E-state index is 11.2.